The highest BCUT2D eigenvalue weighted by molar-refractivity contribution is 7.90. The van der Waals surface area contributed by atoms with Crippen molar-refractivity contribution in [3.8, 4) is 0 Å². The molecule has 0 unspecified atom stereocenters. The summed E-state index contributed by atoms with van der Waals surface area (Å²) >= 11 is 0. The van der Waals surface area contributed by atoms with Crippen molar-refractivity contribution in [2.45, 2.75) is 11.8 Å². The van der Waals surface area contributed by atoms with Gasteiger partial charge in [-0.25, -0.2) is 0 Å². The number of amidine groups is 1. The van der Waals surface area contributed by atoms with E-state index < -0.39 is 21.9 Å². The van der Waals surface area contributed by atoms with E-state index in [-0.39, 0.29) is 35.6 Å². The molecule has 2 aliphatic heterocycles. The van der Waals surface area contributed by atoms with Crippen LogP contribution in [-0.2, 0) is 19.6 Å². The predicted molar refractivity (Wildman–Crippen MR) is 89.7 cm³/mol. The highest BCUT2D eigenvalue weighted by Crippen LogP contribution is 2.27. The summed E-state index contributed by atoms with van der Waals surface area (Å²) in [6, 6.07) is 6.47. The van der Waals surface area contributed by atoms with Gasteiger partial charge in [0.1, 0.15) is 4.90 Å². The van der Waals surface area contributed by atoms with Crippen molar-refractivity contribution in [3.63, 3.8) is 0 Å². The minimum Gasteiger partial charge on any atom is -0.481 e. The zero-order chi connectivity index (χ0) is 18.4. The van der Waals surface area contributed by atoms with Gasteiger partial charge >= 0.3 is 5.97 Å². The minimum atomic E-state index is -3.74. The normalized spacial score (nSPS) is 23.9. The molecule has 2 atom stereocenters. The van der Waals surface area contributed by atoms with Gasteiger partial charge in [-0.2, -0.15) is 8.42 Å². The van der Waals surface area contributed by atoms with E-state index in [1.54, 1.807) is 32.2 Å². The Morgan fingerprint density at radius 3 is 2.64 bits per heavy atom. The Kier molecular flexibility index (Phi) is 4.28. The highest BCUT2D eigenvalue weighted by atomic mass is 32.2. The number of carboxylic acid groups (broad SMARTS) is 1. The Morgan fingerprint density at radius 1 is 1.32 bits per heavy atom. The summed E-state index contributed by atoms with van der Waals surface area (Å²) in [7, 11) is -2.14. The van der Waals surface area contributed by atoms with Gasteiger partial charge in [-0.05, 0) is 18.1 Å². The summed E-state index contributed by atoms with van der Waals surface area (Å²) < 4.78 is 28.0. The molecule has 0 aliphatic carbocycles. The Balaban J connectivity index is 1.75. The quantitative estimate of drug-likeness (QED) is 0.823. The van der Waals surface area contributed by atoms with E-state index >= 15 is 0 Å². The summed E-state index contributed by atoms with van der Waals surface area (Å²) in [6.45, 7) is 2.29. The number of carbonyl (C=O) groups is 2. The van der Waals surface area contributed by atoms with Gasteiger partial charge in [0.2, 0.25) is 5.91 Å². The van der Waals surface area contributed by atoms with Crippen molar-refractivity contribution in [2.24, 2.45) is 16.2 Å². The van der Waals surface area contributed by atoms with Crippen LogP contribution in [0.3, 0.4) is 0 Å². The standard InChI is InChI=1S/C16H19N3O5S/c1-10-7-19(8-12(10)16(21)22)14(20)9-18(2)15-11-5-3-4-6-13(11)25(23,24)17-15/h3-6,10,12H,7-9H2,1-2H3,(H,21,22)/t10-,12-/m1/s1. The first-order chi connectivity index (χ1) is 11.7. The smallest absolute Gasteiger partial charge is 0.308 e. The molecule has 1 saturated heterocycles. The number of aliphatic carboxylic acids is 1. The molecule has 0 radical (unpaired) electrons. The highest BCUT2D eigenvalue weighted by Gasteiger charge is 2.38. The topological polar surface area (TPSA) is 107 Å². The second kappa shape index (κ2) is 6.14. The summed E-state index contributed by atoms with van der Waals surface area (Å²) in [5.74, 6) is -1.61. The molecule has 1 aromatic rings. The number of benzene rings is 1. The molecule has 0 aromatic heterocycles. The number of rotatable bonds is 3. The maximum absolute atomic E-state index is 12.5. The van der Waals surface area contributed by atoms with Gasteiger partial charge in [-0.1, -0.05) is 19.1 Å². The van der Waals surface area contributed by atoms with Gasteiger partial charge in [0.05, 0.1) is 12.5 Å². The fourth-order valence-electron chi connectivity index (χ4n) is 3.23. The number of fused-ring (bicyclic) bond motifs is 1. The van der Waals surface area contributed by atoms with Gasteiger partial charge in [0.15, 0.2) is 5.84 Å². The number of hydrogen-bond acceptors (Lipinski definition) is 5. The number of likely N-dealkylation sites (N-methyl/N-ethyl adjacent to an activating group) is 1. The van der Waals surface area contributed by atoms with E-state index in [2.05, 4.69) is 4.40 Å². The largest absolute Gasteiger partial charge is 0.481 e. The van der Waals surface area contributed by atoms with E-state index in [4.69, 9.17) is 0 Å². The summed E-state index contributed by atoms with van der Waals surface area (Å²) in [5.41, 5.74) is 0.469. The van der Waals surface area contributed by atoms with Crippen LogP contribution in [0, 0.1) is 11.8 Å². The summed E-state index contributed by atoms with van der Waals surface area (Å²) in [4.78, 5) is 26.8. The maximum Gasteiger partial charge on any atom is 0.308 e. The Labute approximate surface area is 145 Å². The lowest BCUT2D eigenvalue weighted by Gasteiger charge is -2.22. The van der Waals surface area contributed by atoms with Crippen LogP contribution in [0.2, 0.25) is 0 Å². The van der Waals surface area contributed by atoms with Gasteiger partial charge < -0.3 is 14.9 Å². The van der Waals surface area contributed by atoms with Crippen LogP contribution >= 0.6 is 0 Å². The molecule has 9 heteroatoms. The van der Waals surface area contributed by atoms with Crippen molar-refractivity contribution in [1.29, 1.82) is 0 Å². The molecule has 0 spiro atoms. The van der Waals surface area contributed by atoms with Crippen LogP contribution in [0.25, 0.3) is 0 Å². The van der Waals surface area contributed by atoms with Crippen LogP contribution in [0.4, 0.5) is 0 Å². The first-order valence-corrected chi connectivity index (χ1v) is 9.31. The SMILES string of the molecule is C[C@@H]1CN(C(=O)CN(C)C2=NS(=O)(=O)c3ccccc32)C[C@H]1C(=O)O. The molecule has 3 rings (SSSR count). The first-order valence-electron chi connectivity index (χ1n) is 7.87. The molecule has 1 aromatic carbocycles. The van der Waals surface area contributed by atoms with E-state index in [0.29, 0.717) is 12.1 Å². The monoisotopic (exact) mass is 365 g/mol. The zero-order valence-electron chi connectivity index (χ0n) is 13.9. The average Bonchev–Trinajstić information content (AvgIpc) is 3.06. The third kappa shape index (κ3) is 3.11. The molecule has 134 valence electrons. The number of likely N-dealkylation sites (tertiary alicyclic amines) is 1. The molecule has 2 aliphatic rings. The Morgan fingerprint density at radius 2 is 2.00 bits per heavy atom. The Hall–Kier alpha value is -2.42. The number of hydrogen-bond donors (Lipinski definition) is 1. The fraction of sp³-hybridized carbons (Fsp3) is 0.438. The molecule has 25 heavy (non-hydrogen) atoms. The number of sulfonamides is 1. The second-order valence-electron chi connectivity index (χ2n) is 6.46. The minimum absolute atomic E-state index is 0.0677. The van der Waals surface area contributed by atoms with Gasteiger partial charge in [-0.15, -0.1) is 4.40 Å². The molecule has 1 N–H and O–H groups in total. The number of carbonyl (C=O) groups excluding carboxylic acids is 1. The Bertz CT molecular complexity index is 864. The van der Waals surface area contributed by atoms with Crippen molar-refractivity contribution in [2.75, 3.05) is 26.7 Å². The summed E-state index contributed by atoms with van der Waals surface area (Å²) in [5, 5.41) is 9.17. The average molecular weight is 365 g/mol. The molecule has 1 fully saturated rings. The molecule has 1 amide bonds. The first kappa shape index (κ1) is 17.4. The van der Waals surface area contributed by atoms with Crippen LogP contribution in [-0.4, -0.2) is 67.7 Å². The van der Waals surface area contributed by atoms with Crippen molar-refractivity contribution in [3.05, 3.63) is 29.8 Å². The molecule has 0 bridgehead atoms. The number of amides is 1. The zero-order valence-corrected chi connectivity index (χ0v) is 14.7. The van der Waals surface area contributed by atoms with Gasteiger partial charge in [0.25, 0.3) is 10.0 Å². The lowest BCUT2D eigenvalue weighted by atomic mass is 9.99. The molecular formula is C16H19N3O5S. The third-order valence-electron chi connectivity index (χ3n) is 4.63. The maximum atomic E-state index is 12.5. The van der Waals surface area contributed by atoms with E-state index in [0.717, 1.165) is 0 Å². The van der Waals surface area contributed by atoms with Gasteiger partial charge in [-0.3, -0.25) is 9.59 Å². The van der Waals surface area contributed by atoms with Gasteiger partial charge in [0, 0.05) is 25.7 Å². The van der Waals surface area contributed by atoms with Crippen LogP contribution in [0.5, 0.6) is 0 Å². The fourth-order valence-corrected chi connectivity index (χ4v) is 4.49. The molecular weight excluding hydrogens is 346 g/mol. The summed E-state index contributed by atoms with van der Waals surface area (Å²) in [6.07, 6.45) is 0. The van der Waals surface area contributed by atoms with E-state index in [1.165, 1.54) is 15.9 Å². The van der Waals surface area contributed by atoms with Crippen LogP contribution in [0.15, 0.2) is 33.6 Å². The van der Waals surface area contributed by atoms with E-state index in [9.17, 15) is 23.1 Å². The van der Waals surface area contributed by atoms with Crippen molar-refractivity contribution in [1.82, 2.24) is 9.80 Å². The number of nitrogens with zero attached hydrogens (tertiary/aromatic N) is 3. The molecule has 0 saturated carbocycles. The lowest BCUT2D eigenvalue weighted by Crippen LogP contribution is -2.40. The molecule has 2 heterocycles. The molecule has 8 nitrogen and oxygen atoms in total. The van der Waals surface area contributed by atoms with Crippen molar-refractivity contribution >= 4 is 27.7 Å². The van der Waals surface area contributed by atoms with Crippen LogP contribution in [0.1, 0.15) is 12.5 Å². The predicted octanol–water partition coefficient (Wildman–Crippen LogP) is 0.246. The third-order valence-corrected chi connectivity index (χ3v) is 5.95. The second-order valence-corrected chi connectivity index (χ2v) is 8.04. The van der Waals surface area contributed by atoms with Crippen molar-refractivity contribution < 1.29 is 23.1 Å². The lowest BCUT2D eigenvalue weighted by molar-refractivity contribution is -0.142. The van der Waals surface area contributed by atoms with E-state index in [1.807, 2.05) is 0 Å². The van der Waals surface area contributed by atoms with Crippen LogP contribution < -0.4 is 0 Å². The number of carboxylic acids is 1.